The minimum Gasteiger partial charge on any atom is -0.493 e. The summed E-state index contributed by atoms with van der Waals surface area (Å²) in [5, 5.41) is 0. The summed E-state index contributed by atoms with van der Waals surface area (Å²) in [4.78, 5) is 1.63. The monoisotopic (exact) mass is 524 g/mol. The summed E-state index contributed by atoms with van der Waals surface area (Å²) in [6.07, 6.45) is 2.32. The average molecular weight is 525 g/mol. The second kappa shape index (κ2) is 9.82. The first-order valence-electron chi connectivity index (χ1n) is 10.4. The molecule has 190 valence electrons. The van der Waals surface area contributed by atoms with Crippen LogP contribution in [0.4, 0.5) is 24.5 Å². The molecule has 0 radical (unpaired) electrons. The van der Waals surface area contributed by atoms with Crippen molar-refractivity contribution in [3.05, 3.63) is 42.5 Å². The van der Waals surface area contributed by atoms with Gasteiger partial charge in [0.25, 0.3) is 0 Å². The molecule has 0 fully saturated rings. The van der Waals surface area contributed by atoms with E-state index in [0.29, 0.717) is 18.7 Å². The van der Waals surface area contributed by atoms with Crippen LogP contribution in [0.3, 0.4) is 0 Å². The summed E-state index contributed by atoms with van der Waals surface area (Å²) < 4.78 is 95.5. The van der Waals surface area contributed by atoms with E-state index in [-0.39, 0.29) is 22.4 Å². The molecular formula is C21H27F3N2O6S2. The van der Waals surface area contributed by atoms with Crippen molar-refractivity contribution in [2.24, 2.45) is 0 Å². The fraction of sp³-hybridized carbons (Fsp3) is 0.429. The van der Waals surface area contributed by atoms with Gasteiger partial charge in [-0.2, -0.15) is 21.6 Å². The number of nitrogens with zero attached hydrogens (tertiary/aromatic N) is 2. The summed E-state index contributed by atoms with van der Waals surface area (Å²) in [7, 11) is -7.09. The van der Waals surface area contributed by atoms with E-state index in [1.54, 1.807) is 17.0 Å². The zero-order valence-electron chi connectivity index (χ0n) is 18.8. The van der Waals surface area contributed by atoms with Crippen LogP contribution in [0, 0.1) is 0 Å². The molecule has 34 heavy (non-hydrogen) atoms. The van der Waals surface area contributed by atoms with E-state index in [1.807, 2.05) is 25.1 Å². The minimum absolute atomic E-state index is 0.175. The van der Waals surface area contributed by atoms with Gasteiger partial charge in [-0.1, -0.05) is 38.0 Å². The molecule has 2 N–H and O–H groups in total. The summed E-state index contributed by atoms with van der Waals surface area (Å²) in [5.74, 6) is -1.11. The Labute approximate surface area is 198 Å². The molecular weight excluding hydrogens is 497 g/mol. The predicted molar refractivity (Wildman–Crippen MR) is 124 cm³/mol. The van der Waals surface area contributed by atoms with E-state index in [9.17, 15) is 30.7 Å². The number of hydrogen-bond donors (Lipinski definition) is 2. The quantitative estimate of drug-likeness (QED) is 0.357. The lowest BCUT2D eigenvalue weighted by Gasteiger charge is -2.43. The van der Waals surface area contributed by atoms with Crippen LogP contribution < -0.4 is 13.8 Å². The molecule has 3 rings (SSSR count). The number of para-hydroxylation sites is 1. The minimum atomic E-state index is -6.02. The number of hydrogen-bond acceptors (Lipinski definition) is 8. The van der Waals surface area contributed by atoms with Gasteiger partial charge in [0.15, 0.2) is 11.5 Å². The highest BCUT2D eigenvalue weighted by molar-refractivity contribution is 8.22. The molecule has 1 aliphatic rings. The largest absolute Gasteiger partial charge is 0.534 e. The van der Waals surface area contributed by atoms with E-state index in [4.69, 9.17) is 4.74 Å². The molecule has 0 amide bonds. The van der Waals surface area contributed by atoms with Crippen molar-refractivity contribution in [1.29, 1.82) is 0 Å². The molecule has 2 aromatic carbocycles. The van der Waals surface area contributed by atoms with Gasteiger partial charge in [-0.3, -0.25) is 9.11 Å². The molecule has 8 nitrogen and oxygen atoms in total. The third kappa shape index (κ3) is 5.08. The van der Waals surface area contributed by atoms with Crippen molar-refractivity contribution < 1.29 is 39.6 Å². The number of ether oxygens (including phenoxy) is 1. The highest BCUT2D eigenvalue weighted by Crippen LogP contribution is 2.60. The van der Waals surface area contributed by atoms with Crippen LogP contribution in [0.15, 0.2) is 47.4 Å². The van der Waals surface area contributed by atoms with Gasteiger partial charge in [-0.05, 0) is 18.6 Å². The molecule has 0 aromatic heterocycles. The molecule has 0 bridgehead atoms. The van der Waals surface area contributed by atoms with Gasteiger partial charge in [0.1, 0.15) is 4.90 Å². The van der Waals surface area contributed by atoms with Crippen molar-refractivity contribution in [3.63, 3.8) is 0 Å². The second-order valence-corrected chi connectivity index (χ2v) is 11.4. The van der Waals surface area contributed by atoms with Crippen LogP contribution in [0.25, 0.3) is 0 Å². The van der Waals surface area contributed by atoms with Crippen LogP contribution >= 0.6 is 10.8 Å². The molecule has 0 saturated heterocycles. The number of benzene rings is 2. The lowest BCUT2D eigenvalue weighted by molar-refractivity contribution is -0.0500. The van der Waals surface area contributed by atoms with E-state index < -0.39 is 32.2 Å². The van der Waals surface area contributed by atoms with E-state index in [2.05, 4.69) is 4.18 Å². The molecule has 13 heteroatoms. The van der Waals surface area contributed by atoms with Crippen molar-refractivity contribution in [3.8, 4) is 11.5 Å². The van der Waals surface area contributed by atoms with Gasteiger partial charge in [0.2, 0.25) is 0 Å². The Morgan fingerprint density at radius 1 is 1.15 bits per heavy atom. The van der Waals surface area contributed by atoms with Crippen LogP contribution in [-0.2, 0) is 10.1 Å². The SMILES string of the molecule is CCCCC1CN(c2ccccc2)c2cc(OC)c(OS(=O)(=O)C(F)(F)F)cc2S(O)(O)N1C. The van der Waals surface area contributed by atoms with E-state index in [1.165, 1.54) is 17.4 Å². The van der Waals surface area contributed by atoms with Crippen molar-refractivity contribution in [2.45, 2.75) is 42.6 Å². The fourth-order valence-corrected chi connectivity index (χ4v) is 5.78. The van der Waals surface area contributed by atoms with E-state index in [0.717, 1.165) is 26.0 Å². The van der Waals surface area contributed by atoms with Crippen LogP contribution in [-0.4, -0.2) is 54.1 Å². The Morgan fingerprint density at radius 2 is 1.79 bits per heavy atom. The van der Waals surface area contributed by atoms with E-state index >= 15 is 0 Å². The Bertz CT molecular complexity index is 1110. The number of halogens is 3. The third-order valence-corrected chi connectivity index (χ3v) is 8.57. The molecule has 0 spiro atoms. The first-order chi connectivity index (χ1) is 15.8. The number of likely N-dealkylation sites (N-methyl/N-ethyl adjacent to an activating group) is 1. The molecule has 0 saturated carbocycles. The lowest BCUT2D eigenvalue weighted by atomic mass is 10.1. The number of rotatable bonds is 7. The van der Waals surface area contributed by atoms with Gasteiger partial charge in [-0.25, -0.2) is 4.31 Å². The van der Waals surface area contributed by atoms with Gasteiger partial charge in [-0.15, -0.1) is 10.8 Å². The molecule has 1 aliphatic heterocycles. The third-order valence-electron chi connectivity index (χ3n) is 5.58. The fourth-order valence-electron chi connectivity index (χ4n) is 3.70. The standard InChI is InChI=1S/C21H27F3N2O6S2/c1-4-5-9-16-14-26(15-10-7-6-8-11-15)17-12-18(31-3)19(32-34(29,30)21(22,23)24)13-20(17)33(27,28)25(16)2/h6-8,10-13,16,27-28H,4-5,9,14H2,1-3H3. The zero-order chi connectivity index (χ0) is 25.3. The Balaban J connectivity index is 2.24. The molecule has 0 aliphatic carbocycles. The summed E-state index contributed by atoms with van der Waals surface area (Å²) >= 11 is 0. The normalized spacial score (nSPS) is 19.8. The summed E-state index contributed by atoms with van der Waals surface area (Å²) in [5.41, 5.74) is -4.72. The van der Waals surface area contributed by atoms with Gasteiger partial charge >= 0.3 is 15.6 Å². The van der Waals surface area contributed by atoms with Crippen LogP contribution in [0.2, 0.25) is 0 Å². The first kappa shape index (κ1) is 26.4. The Hall–Kier alpha value is -2.19. The number of anilines is 2. The maximum absolute atomic E-state index is 13.0. The van der Waals surface area contributed by atoms with Crippen LogP contribution in [0.5, 0.6) is 11.5 Å². The highest BCUT2D eigenvalue weighted by Gasteiger charge is 2.49. The van der Waals surface area contributed by atoms with Crippen LogP contribution in [0.1, 0.15) is 26.2 Å². The van der Waals surface area contributed by atoms with Crippen molar-refractivity contribution >= 4 is 32.3 Å². The number of unbranched alkanes of at least 4 members (excludes halogenated alkanes) is 1. The van der Waals surface area contributed by atoms with Crippen molar-refractivity contribution in [1.82, 2.24) is 4.31 Å². The molecule has 1 heterocycles. The molecule has 2 aromatic rings. The summed E-state index contributed by atoms with van der Waals surface area (Å²) in [6, 6.07) is 10.9. The summed E-state index contributed by atoms with van der Waals surface area (Å²) in [6.45, 7) is 2.35. The Morgan fingerprint density at radius 3 is 2.35 bits per heavy atom. The number of alkyl halides is 3. The molecule has 1 unspecified atom stereocenters. The maximum Gasteiger partial charge on any atom is 0.534 e. The molecule has 1 atom stereocenters. The Kier molecular flexibility index (Phi) is 7.63. The smallest absolute Gasteiger partial charge is 0.493 e. The highest BCUT2D eigenvalue weighted by atomic mass is 32.3. The predicted octanol–water partition coefficient (Wildman–Crippen LogP) is 5.59. The second-order valence-electron chi connectivity index (χ2n) is 7.76. The average Bonchev–Trinajstić information content (AvgIpc) is 2.85. The topological polar surface area (TPSA) is 99.5 Å². The number of methoxy groups -OCH3 is 1. The van der Waals surface area contributed by atoms with Gasteiger partial charge in [0.05, 0.1) is 12.8 Å². The van der Waals surface area contributed by atoms with Gasteiger partial charge in [0, 0.05) is 37.5 Å². The number of fused-ring (bicyclic) bond motifs is 1. The van der Waals surface area contributed by atoms with Gasteiger partial charge < -0.3 is 13.8 Å². The zero-order valence-corrected chi connectivity index (χ0v) is 20.5. The maximum atomic E-state index is 13.0. The van der Waals surface area contributed by atoms with Crippen molar-refractivity contribution in [2.75, 3.05) is 25.6 Å². The lowest BCUT2D eigenvalue weighted by Crippen LogP contribution is -2.39. The first-order valence-corrected chi connectivity index (χ1v) is 13.3.